The van der Waals surface area contributed by atoms with Crippen molar-refractivity contribution in [1.29, 1.82) is 0 Å². The number of nitrogens with two attached hydrogens (primary N) is 1. The number of nitrogen functional groups attached to an aromatic ring is 1. The third kappa shape index (κ3) is 6.16. The molecule has 0 amide bonds. The predicted octanol–water partition coefficient (Wildman–Crippen LogP) is 5.92. The number of rotatable bonds is 10. The number of fused-ring (bicyclic) bond motifs is 1. The van der Waals surface area contributed by atoms with E-state index < -0.39 is 0 Å². The average molecular weight is 581 g/mol. The number of anilines is 1. The minimum absolute atomic E-state index is 0.239. The molecule has 39 heavy (non-hydrogen) atoms. The number of thiophene rings is 1. The molecular weight excluding hydrogens is 556 g/mol. The van der Waals surface area contributed by atoms with E-state index in [0.29, 0.717) is 67.4 Å². The maximum absolute atomic E-state index is 12.4. The van der Waals surface area contributed by atoms with Gasteiger partial charge in [0.1, 0.15) is 33.7 Å². The van der Waals surface area contributed by atoms with Gasteiger partial charge in [-0.1, -0.05) is 53.7 Å². The summed E-state index contributed by atoms with van der Waals surface area (Å²) < 4.78 is 13.1. The number of benzene rings is 2. The largest absolute Gasteiger partial charge is 0.486 e. The van der Waals surface area contributed by atoms with Crippen LogP contribution >= 0.6 is 34.7 Å². The van der Waals surface area contributed by atoms with Crippen molar-refractivity contribution >= 4 is 56.7 Å². The van der Waals surface area contributed by atoms with Crippen LogP contribution in [0.25, 0.3) is 10.2 Å². The number of esters is 1. The molecule has 9 nitrogen and oxygen atoms in total. The summed E-state index contributed by atoms with van der Waals surface area (Å²) in [4.78, 5) is 22.7. The maximum Gasteiger partial charge on any atom is 0.348 e. The normalized spacial score (nSPS) is 11.2. The van der Waals surface area contributed by atoms with Gasteiger partial charge in [0.25, 0.3) is 0 Å². The van der Waals surface area contributed by atoms with E-state index in [1.807, 2.05) is 41.8 Å². The minimum Gasteiger partial charge on any atom is -0.486 e. The molecule has 0 atom stereocenters. The lowest BCUT2D eigenvalue weighted by Crippen LogP contribution is -2.09. The molecule has 3 heterocycles. The molecule has 5 rings (SSSR count). The van der Waals surface area contributed by atoms with Crippen LogP contribution in [0.15, 0.2) is 59.8 Å². The SMILES string of the molecule is CCOC(=O)c1sc2nc(CSc3nnc(COc4ccc(Cl)cc4)n3Cc3ccccc3)nc(N)c2c1C. The summed E-state index contributed by atoms with van der Waals surface area (Å²) in [6.07, 6.45) is 0. The fraction of sp³-hybridized carbons (Fsp3) is 0.222. The first kappa shape index (κ1) is 26.9. The lowest BCUT2D eigenvalue weighted by Gasteiger charge is -2.11. The molecule has 0 aliphatic carbocycles. The standard InChI is InChI=1S/C27H25ClN6O3S2/c1-3-36-26(35)23-16(2)22-24(29)30-20(31-25(22)39-23)15-38-27-33-32-21(14-37-19-11-9-18(28)10-12-19)34(27)13-17-7-5-4-6-8-17/h4-12H,3,13-15H2,1-2H3,(H2,29,30,31). The summed E-state index contributed by atoms with van der Waals surface area (Å²) in [6.45, 7) is 4.72. The van der Waals surface area contributed by atoms with Gasteiger partial charge in [0.2, 0.25) is 0 Å². The molecule has 200 valence electrons. The van der Waals surface area contributed by atoms with Gasteiger partial charge in [0.05, 0.1) is 24.3 Å². The highest BCUT2D eigenvalue weighted by molar-refractivity contribution is 7.98. The van der Waals surface area contributed by atoms with E-state index in [1.165, 1.54) is 23.1 Å². The fourth-order valence-corrected chi connectivity index (χ4v) is 5.98. The number of hydrogen-bond acceptors (Lipinski definition) is 10. The Kier molecular flexibility index (Phi) is 8.30. The van der Waals surface area contributed by atoms with Crippen molar-refractivity contribution in [3.8, 4) is 5.75 Å². The fourth-order valence-electron chi connectivity index (χ4n) is 3.94. The van der Waals surface area contributed by atoms with Crippen molar-refractivity contribution < 1.29 is 14.3 Å². The lowest BCUT2D eigenvalue weighted by atomic mass is 10.2. The van der Waals surface area contributed by atoms with Gasteiger partial charge in [-0.15, -0.1) is 21.5 Å². The van der Waals surface area contributed by atoms with Crippen molar-refractivity contribution in [2.24, 2.45) is 0 Å². The molecule has 2 aromatic carbocycles. The first-order valence-corrected chi connectivity index (χ1v) is 14.3. The van der Waals surface area contributed by atoms with E-state index in [1.54, 1.807) is 19.1 Å². The molecule has 0 spiro atoms. The molecule has 0 aliphatic heterocycles. The maximum atomic E-state index is 12.4. The van der Waals surface area contributed by atoms with Crippen molar-refractivity contribution in [2.75, 3.05) is 12.3 Å². The quantitative estimate of drug-likeness (QED) is 0.158. The molecule has 0 bridgehead atoms. The van der Waals surface area contributed by atoms with Crippen LogP contribution in [0.2, 0.25) is 5.02 Å². The van der Waals surface area contributed by atoms with Gasteiger partial charge in [0.15, 0.2) is 11.0 Å². The van der Waals surface area contributed by atoms with Crippen LogP contribution in [0.5, 0.6) is 5.75 Å². The van der Waals surface area contributed by atoms with Crippen LogP contribution in [0.4, 0.5) is 5.82 Å². The highest BCUT2D eigenvalue weighted by Gasteiger charge is 2.21. The Hall–Kier alpha value is -3.67. The van der Waals surface area contributed by atoms with Crippen LogP contribution in [-0.4, -0.2) is 37.3 Å². The number of ether oxygens (including phenoxy) is 2. The van der Waals surface area contributed by atoms with E-state index in [9.17, 15) is 4.79 Å². The third-order valence-electron chi connectivity index (χ3n) is 5.81. The zero-order valence-corrected chi connectivity index (χ0v) is 23.6. The molecule has 12 heteroatoms. The van der Waals surface area contributed by atoms with Crippen molar-refractivity contribution in [2.45, 2.75) is 37.9 Å². The second kappa shape index (κ2) is 12.0. The first-order chi connectivity index (χ1) is 18.9. The minimum atomic E-state index is -0.379. The van der Waals surface area contributed by atoms with E-state index in [2.05, 4.69) is 32.3 Å². The second-order valence-corrected chi connectivity index (χ2v) is 10.9. The summed E-state index contributed by atoms with van der Waals surface area (Å²) >= 11 is 8.71. The molecule has 3 aromatic heterocycles. The number of thioether (sulfide) groups is 1. The van der Waals surface area contributed by atoms with Crippen molar-refractivity contribution in [3.05, 3.63) is 87.3 Å². The van der Waals surface area contributed by atoms with E-state index in [-0.39, 0.29) is 12.6 Å². The number of nitrogens with zero attached hydrogens (tertiary/aromatic N) is 5. The van der Waals surface area contributed by atoms with Crippen LogP contribution in [0, 0.1) is 6.92 Å². The van der Waals surface area contributed by atoms with Gasteiger partial charge < -0.3 is 15.2 Å². The number of carbonyl (C=O) groups is 1. The Morgan fingerprint density at radius 3 is 2.62 bits per heavy atom. The van der Waals surface area contributed by atoms with Gasteiger partial charge in [-0.3, -0.25) is 4.57 Å². The predicted molar refractivity (Wildman–Crippen MR) is 153 cm³/mol. The second-order valence-electron chi connectivity index (χ2n) is 8.48. The average Bonchev–Trinajstić information content (AvgIpc) is 3.48. The van der Waals surface area contributed by atoms with Crippen LogP contribution < -0.4 is 10.5 Å². The zero-order valence-electron chi connectivity index (χ0n) is 21.3. The third-order valence-corrected chi connectivity index (χ3v) is 8.19. The highest BCUT2D eigenvalue weighted by atomic mass is 35.5. The van der Waals surface area contributed by atoms with E-state index in [4.69, 9.17) is 26.8 Å². The Morgan fingerprint density at radius 1 is 1.10 bits per heavy atom. The summed E-state index contributed by atoms with van der Waals surface area (Å²) in [7, 11) is 0. The lowest BCUT2D eigenvalue weighted by molar-refractivity contribution is 0.0531. The number of hydrogen-bond donors (Lipinski definition) is 1. The van der Waals surface area contributed by atoms with Crippen LogP contribution in [0.3, 0.4) is 0 Å². The van der Waals surface area contributed by atoms with Crippen molar-refractivity contribution in [1.82, 2.24) is 24.7 Å². The summed E-state index contributed by atoms with van der Waals surface area (Å²) in [5, 5.41) is 10.9. The molecule has 2 N–H and O–H groups in total. The monoisotopic (exact) mass is 580 g/mol. The van der Waals surface area contributed by atoms with Gasteiger partial charge in [-0.05, 0) is 49.2 Å². The summed E-state index contributed by atoms with van der Waals surface area (Å²) in [6, 6.07) is 17.3. The zero-order chi connectivity index (χ0) is 27.4. The Balaban J connectivity index is 1.38. The van der Waals surface area contributed by atoms with Crippen LogP contribution in [0.1, 0.15) is 39.4 Å². The number of halogens is 1. The molecule has 0 aliphatic rings. The van der Waals surface area contributed by atoms with Crippen molar-refractivity contribution in [3.63, 3.8) is 0 Å². The summed E-state index contributed by atoms with van der Waals surface area (Å²) in [5.74, 6) is 2.28. The Bertz CT molecular complexity index is 1610. The van der Waals surface area contributed by atoms with Gasteiger partial charge >= 0.3 is 5.97 Å². The van der Waals surface area contributed by atoms with E-state index >= 15 is 0 Å². The summed E-state index contributed by atoms with van der Waals surface area (Å²) in [5.41, 5.74) is 8.13. The molecule has 0 saturated carbocycles. The van der Waals surface area contributed by atoms with E-state index in [0.717, 1.165) is 11.1 Å². The molecule has 0 radical (unpaired) electrons. The molecule has 0 unspecified atom stereocenters. The van der Waals surface area contributed by atoms with Gasteiger partial charge in [-0.2, -0.15) is 0 Å². The smallest absolute Gasteiger partial charge is 0.348 e. The molecule has 0 fully saturated rings. The Labute approximate surface area is 238 Å². The molecular formula is C27H25ClN6O3S2. The highest BCUT2D eigenvalue weighted by Crippen LogP contribution is 2.34. The van der Waals surface area contributed by atoms with Crippen LogP contribution in [-0.2, 0) is 23.6 Å². The van der Waals surface area contributed by atoms with Gasteiger partial charge in [-0.25, -0.2) is 14.8 Å². The Morgan fingerprint density at radius 2 is 1.87 bits per heavy atom. The first-order valence-electron chi connectivity index (χ1n) is 12.1. The number of carbonyl (C=O) groups excluding carboxylic acids is 1. The topological polar surface area (TPSA) is 118 Å². The molecule has 0 saturated heterocycles. The molecule has 5 aromatic rings. The van der Waals surface area contributed by atoms with Gasteiger partial charge in [0, 0.05) is 5.02 Å². The number of aromatic nitrogens is 5. The number of aryl methyl sites for hydroxylation is 1.